The summed E-state index contributed by atoms with van der Waals surface area (Å²) in [5.74, 6) is -0.685. The molecule has 0 radical (unpaired) electrons. The van der Waals surface area contributed by atoms with Crippen molar-refractivity contribution in [2.45, 2.75) is 23.3 Å². The normalized spacial score (nSPS) is 28.9. The fraction of sp³-hybridized carbons (Fsp3) is 0.692. The lowest BCUT2D eigenvalue weighted by Crippen LogP contribution is -2.47. The van der Waals surface area contributed by atoms with Crippen molar-refractivity contribution in [2.24, 2.45) is 0 Å². The van der Waals surface area contributed by atoms with Gasteiger partial charge in [0.2, 0.25) is 0 Å². The van der Waals surface area contributed by atoms with Crippen LogP contribution >= 0.6 is 46.7 Å². The van der Waals surface area contributed by atoms with E-state index in [0.29, 0.717) is 0 Å². The van der Waals surface area contributed by atoms with E-state index in [1.165, 1.54) is 12.3 Å². The topological polar surface area (TPSA) is 245 Å². The summed E-state index contributed by atoms with van der Waals surface area (Å²) in [5.41, 5.74) is 2.57. The summed E-state index contributed by atoms with van der Waals surface area (Å²) >= 11 is 12.2. The summed E-state index contributed by atoms with van der Waals surface area (Å²) in [6.07, 6.45) is -1.88. The molecule has 1 aromatic heterocycles. The molecule has 1 aliphatic heterocycles. The molecule has 19 nitrogen and oxygen atoms in total. The van der Waals surface area contributed by atoms with E-state index in [9.17, 15) is 28.5 Å². The molecule has 2 heterocycles. The van der Waals surface area contributed by atoms with Crippen molar-refractivity contribution in [3.05, 3.63) is 22.7 Å². The maximum atomic E-state index is 13.1. The molecule has 1 fully saturated rings. The zero-order valence-corrected chi connectivity index (χ0v) is 23.2. The van der Waals surface area contributed by atoms with Gasteiger partial charge in [-0.15, -0.1) is 37.2 Å². The lowest BCUT2D eigenvalue weighted by Gasteiger charge is -2.30. The lowest BCUT2D eigenvalue weighted by atomic mass is 10.00. The maximum absolute atomic E-state index is 13.1. The highest BCUT2D eigenvalue weighted by Gasteiger charge is 2.57. The smallest absolute Gasteiger partial charge is 0.388 e. The van der Waals surface area contributed by atoms with Gasteiger partial charge in [-0.3, -0.25) is 9.09 Å². The van der Waals surface area contributed by atoms with Crippen LogP contribution < -0.4 is 11.4 Å². The molecule has 37 heavy (non-hydrogen) atoms. The molecular weight excluding hydrogens is 618 g/mol. The third-order valence-electron chi connectivity index (χ3n) is 4.19. The van der Waals surface area contributed by atoms with Gasteiger partial charge in [-0.05, 0) is 6.07 Å². The Hall–Kier alpha value is -0.530. The Labute approximate surface area is 218 Å². The van der Waals surface area contributed by atoms with Gasteiger partial charge in [0, 0.05) is 6.20 Å². The zero-order valence-electron chi connectivity index (χ0n) is 19.0. The molecule has 214 valence electrons. The average molecular weight is 640 g/mol. The van der Waals surface area contributed by atoms with Gasteiger partial charge in [-0.1, -0.05) is 0 Å². The second-order valence-corrected chi connectivity index (χ2v) is 12.2. The number of halogens is 2. The number of anilines is 1. The first-order valence-electron chi connectivity index (χ1n) is 9.37. The number of nitrogen functional groups attached to an aromatic ring is 1. The van der Waals surface area contributed by atoms with Crippen molar-refractivity contribution in [1.29, 1.82) is 0 Å². The Balaban J connectivity index is 2.31. The molecule has 4 N–H and O–H groups in total. The minimum absolute atomic E-state index is 0.0964. The van der Waals surface area contributed by atoms with E-state index in [0.717, 1.165) is 25.9 Å². The SMILES string of the molecule is COOP(=O)(O)OP(=O)(OOC)OP(=O)(OC[C@@]1(CCl)O[C@@H](n2ccc(N)nc2=O)[C@H](Cl)[C@@H]1O)OOC. The van der Waals surface area contributed by atoms with Gasteiger partial charge < -0.3 is 20.5 Å². The van der Waals surface area contributed by atoms with Crippen LogP contribution in [0.1, 0.15) is 6.23 Å². The van der Waals surface area contributed by atoms with Crippen molar-refractivity contribution in [3.8, 4) is 0 Å². The highest BCUT2D eigenvalue weighted by Crippen LogP contribution is 2.72. The van der Waals surface area contributed by atoms with Crippen LogP contribution in [0.3, 0.4) is 0 Å². The van der Waals surface area contributed by atoms with E-state index in [1.54, 1.807) is 0 Å². The first-order valence-corrected chi connectivity index (χ1v) is 14.8. The van der Waals surface area contributed by atoms with Crippen LogP contribution in [-0.2, 0) is 60.3 Å². The highest BCUT2D eigenvalue weighted by molar-refractivity contribution is 7.67. The van der Waals surface area contributed by atoms with E-state index < -0.39 is 65.0 Å². The molecule has 7 atom stereocenters. The summed E-state index contributed by atoms with van der Waals surface area (Å²) < 4.78 is 70.4. The molecule has 3 unspecified atom stereocenters. The number of phosphoric acid groups is 3. The predicted molar refractivity (Wildman–Crippen MR) is 120 cm³/mol. The summed E-state index contributed by atoms with van der Waals surface area (Å²) in [7, 11) is -13.6. The largest absolute Gasteiger partial charge is 0.520 e. The molecule has 0 saturated carbocycles. The number of nitrogens with zero attached hydrogens (tertiary/aromatic N) is 2. The molecule has 0 bridgehead atoms. The molecule has 1 saturated heterocycles. The molecule has 0 spiro atoms. The fourth-order valence-corrected chi connectivity index (χ4v) is 7.42. The average Bonchev–Trinajstić information content (AvgIpc) is 3.03. The Kier molecular flexibility index (Phi) is 11.7. The molecular formula is C13H22Cl2N3O16P3. The first-order chi connectivity index (χ1) is 17.2. The van der Waals surface area contributed by atoms with Crippen molar-refractivity contribution >= 4 is 52.5 Å². The molecule has 0 aliphatic carbocycles. The van der Waals surface area contributed by atoms with E-state index in [-0.39, 0.29) is 5.82 Å². The van der Waals surface area contributed by atoms with Gasteiger partial charge in [0.05, 0.1) is 33.8 Å². The molecule has 24 heteroatoms. The number of alkyl halides is 2. The van der Waals surface area contributed by atoms with Gasteiger partial charge in [0.15, 0.2) is 6.23 Å². The summed E-state index contributed by atoms with van der Waals surface area (Å²) in [6.45, 7) is -0.993. The van der Waals surface area contributed by atoms with Gasteiger partial charge in [-0.2, -0.15) is 13.6 Å². The number of ether oxygens (including phenoxy) is 1. The van der Waals surface area contributed by atoms with Gasteiger partial charge in [0.25, 0.3) is 0 Å². The van der Waals surface area contributed by atoms with Crippen LogP contribution in [0.4, 0.5) is 5.82 Å². The number of hydrogen-bond donors (Lipinski definition) is 3. The Morgan fingerprint density at radius 3 is 2.27 bits per heavy atom. The number of aliphatic hydroxyl groups is 1. The van der Waals surface area contributed by atoms with Crippen LogP contribution in [0.2, 0.25) is 0 Å². The summed E-state index contributed by atoms with van der Waals surface area (Å²) in [5, 5.41) is 9.39. The number of hydrogen-bond acceptors (Lipinski definition) is 17. The number of rotatable bonds is 15. The number of aromatic nitrogens is 2. The van der Waals surface area contributed by atoms with Crippen LogP contribution in [0.5, 0.6) is 0 Å². The Morgan fingerprint density at radius 1 is 1.14 bits per heavy atom. The third kappa shape index (κ3) is 8.23. The van der Waals surface area contributed by atoms with Crippen molar-refractivity contribution in [3.63, 3.8) is 0 Å². The maximum Gasteiger partial charge on any atom is 0.520 e. The fourth-order valence-electron chi connectivity index (χ4n) is 2.75. The lowest BCUT2D eigenvalue weighted by molar-refractivity contribution is -0.216. The highest BCUT2D eigenvalue weighted by atomic mass is 35.5. The van der Waals surface area contributed by atoms with Crippen LogP contribution in [0.25, 0.3) is 0 Å². The minimum Gasteiger partial charge on any atom is -0.388 e. The zero-order chi connectivity index (χ0) is 28.1. The van der Waals surface area contributed by atoms with Gasteiger partial charge in [0.1, 0.15) is 22.9 Å². The standard InChI is InChI=1S/C13H22Cl2N3O16P3/c1-25-30-35(21,22)33-37(24,32-27-3)34-36(23,31-26-2)28-7-13(6-14)10(19)9(15)11(29-13)18-5-4-8(16)17-12(18)20/h4-5,9-11,19H,6-7H2,1-3H3,(H,21,22)(H2,16,17,20)/t9-,10+,11-,13-,36?,37?/m1/s1. The van der Waals surface area contributed by atoms with E-state index in [2.05, 4.69) is 42.3 Å². The Bertz CT molecular complexity index is 1130. The van der Waals surface area contributed by atoms with E-state index in [4.69, 9.17) is 38.2 Å². The quantitative estimate of drug-likeness (QED) is 0.106. The number of aliphatic hydroxyl groups excluding tert-OH is 1. The van der Waals surface area contributed by atoms with Crippen molar-refractivity contribution in [2.75, 3.05) is 39.5 Å². The summed E-state index contributed by atoms with van der Waals surface area (Å²) in [6, 6.07) is 1.26. The second-order valence-electron chi connectivity index (χ2n) is 6.66. The number of nitrogens with two attached hydrogens (primary N) is 1. The van der Waals surface area contributed by atoms with Crippen LogP contribution in [-0.4, -0.2) is 70.4 Å². The molecule has 1 aliphatic rings. The van der Waals surface area contributed by atoms with Gasteiger partial charge in [-0.25, -0.2) is 33.2 Å². The monoisotopic (exact) mass is 639 g/mol. The van der Waals surface area contributed by atoms with Crippen LogP contribution in [0.15, 0.2) is 17.1 Å². The van der Waals surface area contributed by atoms with Crippen molar-refractivity contribution in [1.82, 2.24) is 9.55 Å². The van der Waals surface area contributed by atoms with Gasteiger partial charge >= 0.3 is 29.2 Å². The predicted octanol–water partition coefficient (Wildman–Crippen LogP) is 1.40. The molecule has 0 aromatic carbocycles. The molecule has 2 rings (SSSR count). The minimum atomic E-state index is -5.47. The van der Waals surface area contributed by atoms with Crippen molar-refractivity contribution < 1.29 is 70.3 Å². The molecule has 0 amide bonds. The van der Waals surface area contributed by atoms with Crippen LogP contribution in [0, 0.1) is 0 Å². The third-order valence-corrected chi connectivity index (χ3v) is 9.77. The Morgan fingerprint density at radius 2 is 1.73 bits per heavy atom. The van der Waals surface area contributed by atoms with E-state index >= 15 is 0 Å². The first kappa shape index (κ1) is 32.7. The molecule has 1 aromatic rings. The van der Waals surface area contributed by atoms with E-state index in [1.807, 2.05) is 0 Å². The summed E-state index contributed by atoms with van der Waals surface area (Å²) in [4.78, 5) is 37.6. The second kappa shape index (κ2) is 13.2.